The molecule has 2 aromatic heterocycles. The van der Waals surface area contributed by atoms with Crippen LogP contribution in [0.2, 0.25) is 0 Å². The Balaban J connectivity index is 2.30. The molecule has 8 heteroatoms. The Morgan fingerprint density at radius 2 is 1.27 bits per heavy atom. The molecule has 0 saturated heterocycles. The van der Waals surface area contributed by atoms with E-state index in [2.05, 4.69) is 0 Å². The first-order chi connectivity index (χ1) is 14.3. The molecule has 154 valence electrons. The van der Waals surface area contributed by atoms with Gasteiger partial charge in [0.1, 0.15) is 22.8 Å². The van der Waals surface area contributed by atoms with Gasteiger partial charge in [-0.25, -0.2) is 9.59 Å². The molecule has 0 unspecified atom stereocenters. The summed E-state index contributed by atoms with van der Waals surface area (Å²) in [7, 11) is 2.78. The normalized spacial score (nSPS) is 11.2. The van der Waals surface area contributed by atoms with Gasteiger partial charge in [-0.15, -0.1) is 0 Å². The number of hydrogen-bond donors (Lipinski definition) is 1. The molecule has 0 bridgehead atoms. The molecular formula is C22H17O8-. The summed E-state index contributed by atoms with van der Waals surface area (Å²) < 4.78 is 21.4. The standard InChI is InChI=1S/C22H18O8/c1-9-5-11(23)19(21-17(9)13(27-3)7-15(25)29-21)20-12(24)6-10(2)18-14(28-4)8-16(26)30-22(18)20/h5-8,23-24H,1-4H3/p-1. The van der Waals surface area contributed by atoms with Gasteiger partial charge in [0.25, 0.3) is 0 Å². The Morgan fingerprint density at radius 3 is 1.77 bits per heavy atom. The van der Waals surface area contributed by atoms with Crippen molar-refractivity contribution in [3.8, 4) is 34.1 Å². The summed E-state index contributed by atoms with van der Waals surface area (Å²) in [4.78, 5) is 24.2. The van der Waals surface area contributed by atoms with Gasteiger partial charge in [-0.1, -0.05) is 11.8 Å². The summed E-state index contributed by atoms with van der Waals surface area (Å²) in [5.41, 5.74) is -0.693. The highest BCUT2D eigenvalue weighted by Gasteiger charge is 2.23. The molecular weight excluding hydrogens is 392 g/mol. The van der Waals surface area contributed by atoms with E-state index in [4.69, 9.17) is 18.3 Å². The summed E-state index contributed by atoms with van der Waals surface area (Å²) in [5.74, 6) is -0.399. The molecule has 2 aromatic carbocycles. The average Bonchev–Trinajstić information content (AvgIpc) is 2.68. The van der Waals surface area contributed by atoms with Crippen LogP contribution in [0.4, 0.5) is 0 Å². The van der Waals surface area contributed by atoms with Crippen LogP contribution in [0.5, 0.6) is 23.0 Å². The lowest BCUT2D eigenvalue weighted by atomic mass is 9.94. The minimum absolute atomic E-state index is 0.0513. The van der Waals surface area contributed by atoms with Crippen molar-refractivity contribution in [2.45, 2.75) is 13.8 Å². The SMILES string of the molecule is COc1cc(=O)oc2c(-c3c(O)cc(C)c4c(OC)cc(=O)oc34)c([O-])cc(C)c12. The highest BCUT2D eigenvalue weighted by molar-refractivity contribution is 6.09. The van der Waals surface area contributed by atoms with Crippen LogP contribution in [-0.2, 0) is 0 Å². The summed E-state index contributed by atoms with van der Waals surface area (Å²) in [6.45, 7) is 3.37. The van der Waals surface area contributed by atoms with Crippen LogP contribution in [0.1, 0.15) is 11.1 Å². The fraction of sp³-hybridized carbons (Fsp3) is 0.182. The van der Waals surface area contributed by atoms with Crippen molar-refractivity contribution in [3.05, 3.63) is 56.2 Å². The Labute approximate surface area is 169 Å². The zero-order chi connectivity index (χ0) is 21.7. The third-order valence-electron chi connectivity index (χ3n) is 4.99. The molecule has 0 aliphatic rings. The number of hydrogen-bond acceptors (Lipinski definition) is 8. The largest absolute Gasteiger partial charge is 0.872 e. The molecule has 0 atom stereocenters. The number of rotatable bonds is 3. The van der Waals surface area contributed by atoms with E-state index in [-0.39, 0.29) is 39.5 Å². The van der Waals surface area contributed by atoms with E-state index in [1.165, 1.54) is 38.5 Å². The van der Waals surface area contributed by atoms with Crippen LogP contribution in [-0.4, -0.2) is 19.3 Å². The third kappa shape index (κ3) is 2.76. The Bertz CT molecular complexity index is 1330. The van der Waals surface area contributed by atoms with Gasteiger partial charge in [-0.2, -0.15) is 0 Å². The number of methoxy groups -OCH3 is 2. The van der Waals surface area contributed by atoms with E-state index in [1.54, 1.807) is 13.8 Å². The minimum Gasteiger partial charge on any atom is -0.872 e. The molecule has 0 radical (unpaired) electrons. The van der Waals surface area contributed by atoms with Gasteiger partial charge in [0, 0.05) is 5.56 Å². The van der Waals surface area contributed by atoms with Crippen LogP contribution in [0.3, 0.4) is 0 Å². The van der Waals surface area contributed by atoms with Gasteiger partial charge < -0.3 is 28.5 Å². The molecule has 8 nitrogen and oxygen atoms in total. The smallest absolute Gasteiger partial charge is 0.339 e. The first-order valence-corrected chi connectivity index (χ1v) is 8.94. The van der Waals surface area contributed by atoms with Crippen LogP contribution >= 0.6 is 0 Å². The predicted molar refractivity (Wildman–Crippen MR) is 108 cm³/mol. The molecule has 0 saturated carbocycles. The molecule has 2 heterocycles. The summed E-state index contributed by atoms with van der Waals surface area (Å²) in [6.07, 6.45) is 0. The second kappa shape index (κ2) is 6.84. The number of fused-ring (bicyclic) bond motifs is 2. The van der Waals surface area contributed by atoms with Crippen molar-refractivity contribution in [1.29, 1.82) is 0 Å². The van der Waals surface area contributed by atoms with Gasteiger partial charge in [0.15, 0.2) is 5.58 Å². The van der Waals surface area contributed by atoms with Crippen molar-refractivity contribution >= 4 is 21.9 Å². The lowest BCUT2D eigenvalue weighted by Gasteiger charge is -2.20. The zero-order valence-electron chi connectivity index (χ0n) is 16.6. The van der Waals surface area contributed by atoms with Crippen LogP contribution < -0.4 is 25.8 Å². The highest BCUT2D eigenvalue weighted by Crippen LogP contribution is 2.47. The highest BCUT2D eigenvalue weighted by atomic mass is 16.5. The van der Waals surface area contributed by atoms with E-state index >= 15 is 0 Å². The average molecular weight is 409 g/mol. The number of phenols is 1. The Hall–Kier alpha value is -3.94. The van der Waals surface area contributed by atoms with Crippen LogP contribution in [0.15, 0.2) is 42.7 Å². The lowest BCUT2D eigenvalue weighted by molar-refractivity contribution is -0.267. The molecule has 0 aliphatic heterocycles. The van der Waals surface area contributed by atoms with E-state index in [0.29, 0.717) is 21.9 Å². The van der Waals surface area contributed by atoms with E-state index < -0.39 is 17.0 Å². The van der Waals surface area contributed by atoms with Crippen LogP contribution in [0.25, 0.3) is 33.1 Å². The molecule has 0 fully saturated rings. The number of aromatic hydroxyl groups is 1. The fourth-order valence-corrected chi connectivity index (χ4v) is 3.76. The third-order valence-corrected chi connectivity index (χ3v) is 4.99. The maximum atomic E-state index is 13.0. The number of ether oxygens (including phenoxy) is 2. The van der Waals surface area contributed by atoms with Crippen molar-refractivity contribution in [1.82, 2.24) is 0 Å². The van der Waals surface area contributed by atoms with E-state index in [0.717, 1.165) is 0 Å². The Morgan fingerprint density at radius 1 is 0.800 bits per heavy atom. The monoisotopic (exact) mass is 409 g/mol. The van der Waals surface area contributed by atoms with Crippen molar-refractivity contribution in [3.63, 3.8) is 0 Å². The van der Waals surface area contributed by atoms with E-state index in [9.17, 15) is 19.8 Å². The van der Waals surface area contributed by atoms with Crippen molar-refractivity contribution in [2.75, 3.05) is 14.2 Å². The van der Waals surface area contributed by atoms with Crippen molar-refractivity contribution in [2.24, 2.45) is 0 Å². The number of aryl methyl sites for hydroxylation is 2. The molecule has 1 N–H and O–H groups in total. The maximum Gasteiger partial charge on any atom is 0.339 e. The quantitative estimate of drug-likeness (QED) is 0.513. The molecule has 0 aliphatic carbocycles. The molecule has 4 rings (SSSR count). The van der Waals surface area contributed by atoms with Gasteiger partial charge in [-0.05, 0) is 31.0 Å². The molecule has 30 heavy (non-hydrogen) atoms. The minimum atomic E-state index is -0.736. The zero-order valence-corrected chi connectivity index (χ0v) is 16.6. The predicted octanol–water partition coefficient (Wildman–Crippen LogP) is 2.98. The lowest BCUT2D eigenvalue weighted by Crippen LogP contribution is -2.05. The van der Waals surface area contributed by atoms with E-state index in [1.807, 2.05) is 0 Å². The summed E-state index contributed by atoms with van der Waals surface area (Å²) in [5, 5.41) is 24.6. The summed E-state index contributed by atoms with van der Waals surface area (Å²) >= 11 is 0. The molecule has 4 aromatic rings. The fourth-order valence-electron chi connectivity index (χ4n) is 3.76. The first-order valence-electron chi connectivity index (χ1n) is 8.94. The van der Waals surface area contributed by atoms with Gasteiger partial charge >= 0.3 is 11.3 Å². The topological polar surface area (TPSA) is 122 Å². The van der Waals surface area contributed by atoms with Crippen molar-refractivity contribution < 1.29 is 28.5 Å². The number of phenolic OH excluding ortho intramolecular Hbond substituents is 1. The number of benzene rings is 2. The molecule has 0 amide bonds. The van der Waals surface area contributed by atoms with Gasteiger partial charge in [-0.3, -0.25) is 0 Å². The first kappa shape index (κ1) is 19.4. The second-order valence-electron chi connectivity index (χ2n) is 6.83. The Kier molecular flexibility index (Phi) is 4.42. The van der Waals surface area contributed by atoms with Crippen LogP contribution in [0, 0.1) is 13.8 Å². The van der Waals surface area contributed by atoms with Gasteiger partial charge in [0.05, 0.1) is 42.7 Å². The maximum absolute atomic E-state index is 13.0. The second-order valence-corrected chi connectivity index (χ2v) is 6.83. The molecule has 0 spiro atoms. The van der Waals surface area contributed by atoms with Gasteiger partial charge in [0.2, 0.25) is 0 Å². The summed E-state index contributed by atoms with van der Waals surface area (Å²) in [6, 6.07) is 5.09.